The van der Waals surface area contributed by atoms with Crippen LogP contribution >= 0.6 is 0 Å². The van der Waals surface area contributed by atoms with E-state index < -0.39 is 21.4 Å². The largest absolute Gasteiger partial charge is 0.482 e. The molecule has 0 amide bonds. The van der Waals surface area contributed by atoms with Crippen LogP contribution in [0.25, 0.3) is 5.69 Å². The van der Waals surface area contributed by atoms with Crippen LogP contribution in [0.4, 0.5) is 10.1 Å². The molecule has 1 saturated heterocycles. The van der Waals surface area contributed by atoms with Gasteiger partial charge in [-0.15, -0.1) is 0 Å². The molecular weight excluding hydrogens is 507 g/mol. The Labute approximate surface area is 221 Å². The molecule has 2 aromatic carbocycles. The summed E-state index contributed by atoms with van der Waals surface area (Å²) < 4.78 is 49.3. The van der Waals surface area contributed by atoms with E-state index in [1.165, 1.54) is 29.3 Å². The molecule has 0 radical (unpaired) electrons. The van der Waals surface area contributed by atoms with E-state index in [1.54, 1.807) is 16.6 Å². The molecule has 0 bridgehead atoms. The lowest BCUT2D eigenvalue weighted by Crippen LogP contribution is -2.51. The van der Waals surface area contributed by atoms with Gasteiger partial charge in [-0.1, -0.05) is 43.2 Å². The zero-order valence-electron chi connectivity index (χ0n) is 21.1. The van der Waals surface area contributed by atoms with E-state index in [-0.39, 0.29) is 17.1 Å². The number of benzene rings is 2. The second-order valence-corrected chi connectivity index (χ2v) is 12.5. The molecular formula is C28H31FN4O4S. The van der Waals surface area contributed by atoms with Crippen molar-refractivity contribution in [3.05, 3.63) is 82.0 Å². The van der Waals surface area contributed by atoms with E-state index in [1.807, 2.05) is 17.0 Å². The van der Waals surface area contributed by atoms with E-state index in [0.29, 0.717) is 50.4 Å². The third kappa shape index (κ3) is 4.71. The number of piperazine rings is 1. The summed E-state index contributed by atoms with van der Waals surface area (Å²) in [4.78, 5) is 15.7. The average molecular weight is 539 g/mol. The number of sulfonamides is 1. The van der Waals surface area contributed by atoms with Crippen LogP contribution in [0.3, 0.4) is 0 Å². The number of fused-ring (bicyclic) bond motifs is 1. The van der Waals surface area contributed by atoms with E-state index in [9.17, 15) is 17.6 Å². The summed E-state index contributed by atoms with van der Waals surface area (Å²) in [5.41, 5.74) is 2.78. The van der Waals surface area contributed by atoms with Gasteiger partial charge in [-0.3, -0.25) is 4.79 Å². The molecule has 0 N–H and O–H groups in total. The summed E-state index contributed by atoms with van der Waals surface area (Å²) in [7, 11) is -3.32. The van der Waals surface area contributed by atoms with E-state index in [0.717, 1.165) is 30.4 Å². The lowest BCUT2D eigenvalue weighted by atomic mass is 10.1. The van der Waals surface area contributed by atoms with Crippen LogP contribution in [0.2, 0.25) is 0 Å². The Bertz CT molecular complexity index is 1470. The smallest absolute Gasteiger partial charge is 0.316 e. The Hall–Kier alpha value is -3.24. The van der Waals surface area contributed by atoms with Crippen LogP contribution in [-0.4, -0.2) is 60.0 Å². The van der Waals surface area contributed by atoms with Crippen molar-refractivity contribution < 1.29 is 17.5 Å². The van der Waals surface area contributed by atoms with Crippen molar-refractivity contribution in [1.82, 2.24) is 14.1 Å². The topological polar surface area (TPSA) is 84.7 Å². The average Bonchev–Trinajstić information content (AvgIpc) is 3.60. The number of anilines is 1. The lowest BCUT2D eigenvalue weighted by Gasteiger charge is -2.37. The molecule has 3 aromatic rings. The highest BCUT2D eigenvalue weighted by Gasteiger charge is 2.36. The standard InChI is InChI=1S/C28H31FN4O4S/c29-22-8-5-9-23(18-22)33-28(34)27(37-24-16-20-6-1-2-7-21(20)17-24)26(19-30-33)31-12-14-32(15-13-31)38(35,36)25-10-3-4-11-25/h1-2,5-9,18-19,24-25H,3-4,10-17H2. The van der Waals surface area contributed by atoms with Gasteiger partial charge in [-0.05, 0) is 42.2 Å². The summed E-state index contributed by atoms with van der Waals surface area (Å²) in [6.45, 7) is 1.55. The number of halogens is 1. The minimum atomic E-state index is -3.32. The van der Waals surface area contributed by atoms with Crippen LogP contribution in [-0.2, 0) is 22.9 Å². The Balaban J connectivity index is 1.29. The van der Waals surface area contributed by atoms with Crippen molar-refractivity contribution in [3.63, 3.8) is 0 Å². The second-order valence-electron chi connectivity index (χ2n) is 10.3. The first-order valence-corrected chi connectivity index (χ1v) is 14.8. The minimum absolute atomic E-state index is 0.161. The number of rotatable bonds is 6. The number of hydrogen-bond acceptors (Lipinski definition) is 6. The maximum Gasteiger partial charge on any atom is 0.316 e. The fourth-order valence-electron chi connectivity index (χ4n) is 5.91. The second kappa shape index (κ2) is 10.1. The molecule has 2 aliphatic carbocycles. The monoisotopic (exact) mass is 538 g/mol. The van der Waals surface area contributed by atoms with Gasteiger partial charge < -0.3 is 9.64 Å². The van der Waals surface area contributed by atoms with Gasteiger partial charge in [0.15, 0.2) is 0 Å². The van der Waals surface area contributed by atoms with Crippen molar-refractivity contribution >= 4 is 15.7 Å². The molecule has 0 spiro atoms. The molecule has 1 aliphatic heterocycles. The van der Waals surface area contributed by atoms with Gasteiger partial charge in [0.25, 0.3) is 0 Å². The molecule has 10 heteroatoms. The van der Waals surface area contributed by atoms with Crippen molar-refractivity contribution in [2.45, 2.75) is 49.9 Å². The van der Waals surface area contributed by atoms with Crippen molar-refractivity contribution in [2.75, 3.05) is 31.1 Å². The molecule has 2 fully saturated rings. The summed E-state index contributed by atoms with van der Waals surface area (Å²) >= 11 is 0. The third-order valence-electron chi connectivity index (χ3n) is 7.93. The Morgan fingerprint density at radius 1 is 0.921 bits per heavy atom. The quantitative estimate of drug-likeness (QED) is 0.479. The predicted molar refractivity (Wildman–Crippen MR) is 143 cm³/mol. The Morgan fingerprint density at radius 3 is 2.26 bits per heavy atom. The molecule has 6 rings (SSSR count). The molecule has 38 heavy (non-hydrogen) atoms. The molecule has 2 heterocycles. The summed E-state index contributed by atoms with van der Waals surface area (Å²) in [5, 5.41) is 4.07. The van der Waals surface area contributed by atoms with Crippen LogP contribution in [0, 0.1) is 5.82 Å². The molecule has 1 saturated carbocycles. The maximum atomic E-state index is 13.9. The lowest BCUT2D eigenvalue weighted by molar-refractivity contribution is 0.209. The van der Waals surface area contributed by atoms with Crippen LogP contribution < -0.4 is 15.2 Å². The highest BCUT2D eigenvalue weighted by molar-refractivity contribution is 7.89. The zero-order chi connectivity index (χ0) is 26.3. The Kier molecular flexibility index (Phi) is 6.69. The summed E-state index contributed by atoms with van der Waals surface area (Å²) in [6, 6.07) is 13.9. The molecule has 1 aromatic heterocycles. The van der Waals surface area contributed by atoms with Gasteiger partial charge in [0.1, 0.15) is 17.6 Å². The highest BCUT2D eigenvalue weighted by Crippen LogP contribution is 2.32. The van der Waals surface area contributed by atoms with Gasteiger partial charge in [-0.2, -0.15) is 14.1 Å². The Morgan fingerprint density at radius 2 is 1.61 bits per heavy atom. The SMILES string of the molecule is O=c1c(OC2Cc3ccccc3C2)c(N2CCN(S(=O)(=O)C3CCCC3)CC2)cnn1-c1cccc(F)c1. The normalized spacial score (nSPS) is 19.1. The first-order chi connectivity index (χ1) is 18.4. The van der Waals surface area contributed by atoms with Crippen molar-refractivity contribution in [2.24, 2.45) is 0 Å². The molecule has 0 unspecified atom stereocenters. The zero-order valence-corrected chi connectivity index (χ0v) is 21.9. The van der Waals surface area contributed by atoms with Gasteiger partial charge in [0.2, 0.25) is 15.8 Å². The number of hydrogen-bond donors (Lipinski definition) is 0. The van der Waals surface area contributed by atoms with Crippen molar-refractivity contribution in [1.29, 1.82) is 0 Å². The van der Waals surface area contributed by atoms with E-state index in [2.05, 4.69) is 17.2 Å². The van der Waals surface area contributed by atoms with Crippen LogP contribution in [0.15, 0.2) is 59.5 Å². The molecule has 8 nitrogen and oxygen atoms in total. The first kappa shape index (κ1) is 25.1. The number of aromatic nitrogens is 2. The molecule has 3 aliphatic rings. The van der Waals surface area contributed by atoms with E-state index >= 15 is 0 Å². The van der Waals surface area contributed by atoms with Gasteiger partial charge in [0, 0.05) is 39.0 Å². The number of nitrogens with zero attached hydrogens (tertiary/aromatic N) is 4. The molecule has 200 valence electrons. The maximum absolute atomic E-state index is 13.9. The van der Waals surface area contributed by atoms with Gasteiger partial charge in [-0.25, -0.2) is 12.8 Å². The van der Waals surface area contributed by atoms with E-state index in [4.69, 9.17) is 4.74 Å². The fraction of sp³-hybridized carbons (Fsp3) is 0.429. The predicted octanol–water partition coefficient (Wildman–Crippen LogP) is 3.31. The minimum Gasteiger partial charge on any atom is -0.482 e. The van der Waals surface area contributed by atoms with Crippen molar-refractivity contribution in [3.8, 4) is 11.4 Å². The van der Waals surface area contributed by atoms with Crippen LogP contribution in [0.1, 0.15) is 36.8 Å². The van der Waals surface area contributed by atoms with Gasteiger partial charge in [0.05, 0.1) is 17.1 Å². The fourth-order valence-corrected chi connectivity index (χ4v) is 7.93. The third-order valence-corrected chi connectivity index (χ3v) is 10.3. The summed E-state index contributed by atoms with van der Waals surface area (Å²) in [5.74, 6) is -0.303. The molecule has 0 atom stereocenters. The highest BCUT2D eigenvalue weighted by atomic mass is 32.2. The van der Waals surface area contributed by atoms with Crippen LogP contribution in [0.5, 0.6) is 5.75 Å². The number of ether oxygens (including phenoxy) is 1. The summed E-state index contributed by atoms with van der Waals surface area (Å²) in [6.07, 6.45) is 6.11. The first-order valence-electron chi connectivity index (χ1n) is 13.3. The van der Waals surface area contributed by atoms with Gasteiger partial charge >= 0.3 is 5.56 Å².